The maximum Gasteiger partial charge on any atom is 0.280 e. The molecule has 0 spiro atoms. The van der Waals surface area contributed by atoms with Crippen molar-refractivity contribution in [2.24, 2.45) is 0 Å². The van der Waals surface area contributed by atoms with Crippen LogP contribution in [0.2, 0.25) is 0 Å². The summed E-state index contributed by atoms with van der Waals surface area (Å²) in [7, 11) is 1.60. The lowest BCUT2D eigenvalue weighted by molar-refractivity contribution is -0.0459. The number of fused-ring (bicyclic) bond motifs is 1. The number of ether oxygens (including phenoxy) is 2. The van der Waals surface area contributed by atoms with Crippen molar-refractivity contribution in [1.82, 2.24) is 19.5 Å². The number of aromatic nitrogens is 4. The monoisotopic (exact) mass is 557 g/mol. The highest BCUT2D eigenvalue weighted by Gasteiger charge is 2.45. The molecule has 11 heteroatoms. The first-order valence-electron chi connectivity index (χ1n) is 13.1. The van der Waals surface area contributed by atoms with E-state index < -0.39 is 42.3 Å². The summed E-state index contributed by atoms with van der Waals surface area (Å²) in [5, 5.41) is 23.2. The fourth-order valence-electron chi connectivity index (χ4n) is 5.36. The quantitative estimate of drug-likeness (QED) is 0.214. The zero-order chi connectivity index (χ0) is 28.6. The average Bonchev–Trinajstić information content (AvgIpc) is 3.57. The zero-order valence-corrected chi connectivity index (χ0v) is 22.0. The van der Waals surface area contributed by atoms with E-state index in [2.05, 4.69) is 20.3 Å². The van der Waals surface area contributed by atoms with E-state index in [4.69, 9.17) is 9.47 Å². The number of hydrogen-bond donors (Lipinski definition) is 4. The number of benzene rings is 3. The number of imidazole rings is 1. The Kier molecular flexibility index (Phi) is 7.00. The molecule has 1 aliphatic rings. The van der Waals surface area contributed by atoms with Crippen molar-refractivity contribution in [1.29, 1.82) is 0 Å². The van der Waals surface area contributed by atoms with Gasteiger partial charge in [0.2, 0.25) is 5.95 Å². The van der Waals surface area contributed by atoms with Crippen molar-refractivity contribution >= 4 is 17.1 Å². The van der Waals surface area contributed by atoms with Gasteiger partial charge in [-0.05, 0) is 28.8 Å². The summed E-state index contributed by atoms with van der Waals surface area (Å²) < 4.78 is 27.3. The molecule has 41 heavy (non-hydrogen) atoms. The van der Waals surface area contributed by atoms with Crippen LogP contribution in [-0.2, 0) is 10.3 Å². The number of methoxy groups -OCH3 is 1. The maximum atomic E-state index is 15.0. The van der Waals surface area contributed by atoms with Crippen LogP contribution in [0.5, 0.6) is 5.75 Å². The fourth-order valence-corrected chi connectivity index (χ4v) is 5.36. The van der Waals surface area contributed by atoms with Gasteiger partial charge in [0.1, 0.15) is 23.5 Å². The molecular weight excluding hydrogens is 529 g/mol. The van der Waals surface area contributed by atoms with E-state index in [0.717, 1.165) is 16.7 Å². The molecule has 3 aromatic carbocycles. The number of nitrogens with zero attached hydrogens (tertiary/aromatic N) is 3. The van der Waals surface area contributed by atoms with Crippen LogP contribution >= 0.6 is 0 Å². The van der Waals surface area contributed by atoms with Gasteiger partial charge in [-0.1, -0.05) is 72.8 Å². The molecule has 5 aromatic rings. The van der Waals surface area contributed by atoms with Crippen molar-refractivity contribution in [2.75, 3.05) is 19.0 Å². The molecule has 0 bridgehead atoms. The standard InChI is InChI=1S/C30H28FN5O5/c1-40-21-14-12-20(13-15-21)30(18-8-4-2-5-9-18,19-10-6-3-7-11-19)35-29-33-26-24(27(39)34-29)32-17-36(26)28-23(31)25(38)22(16-37)41-28/h2-15,17,22-23,25,28,37-38H,16H2,1H3,(H2,33,34,35,39)/t22-,23-,25-,28-/m1/s1. The van der Waals surface area contributed by atoms with E-state index in [1.54, 1.807) is 7.11 Å². The zero-order valence-electron chi connectivity index (χ0n) is 22.0. The molecule has 0 unspecified atom stereocenters. The predicted molar refractivity (Wildman–Crippen MR) is 149 cm³/mol. The van der Waals surface area contributed by atoms with Gasteiger partial charge in [-0.3, -0.25) is 14.3 Å². The summed E-state index contributed by atoms with van der Waals surface area (Å²) in [6.07, 6.45) is -4.62. The van der Waals surface area contributed by atoms with Crippen LogP contribution in [0, 0.1) is 0 Å². The Bertz CT molecular complexity index is 1650. The topological polar surface area (TPSA) is 135 Å². The van der Waals surface area contributed by atoms with Crippen LogP contribution in [0.1, 0.15) is 22.9 Å². The number of aliphatic hydroxyl groups is 2. The van der Waals surface area contributed by atoms with Crippen LogP contribution in [-0.4, -0.2) is 61.8 Å². The van der Waals surface area contributed by atoms with Gasteiger partial charge in [0.25, 0.3) is 5.56 Å². The highest BCUT2D eigenvalue weighted by molar-refractivity contribution is 5.71. The number of alkyl halides is 1. The second-order valence-electron chi connectivity index (χ2n) is 9.76. The van der Waals surface area contributed by atoms with Crippen LogP contribution in [0.4, 0.5) is 10.3 Å². The number of hydrogen-bond acceptors (Lipinski definition) is 8. The van der Waals surface area contributed by atoms with Gasteiger partial charge in [-0.2, -0.15) is 4.98 Å². The summed E-state index contributed by atoms with van der Waals surface area (Å²) in [5.41, 5.74) is 1.02. The highest BCUT2D eigenvalue weighted by atomic mass is 19.1. The lowest BCUT2D eigenvalue weighted by Crippen LogP contribution is -2.39. The molecule has 0 saturated carbocycles. The van der Waals surface area contributed by atoms with E-state index in [1.165, 1.54) is 10.9 Å². The summed E-state index contributed by atoms with van der Waals surface area (Å²) in [6.45, 7) is -0.565. The van der Waals surface area contributed by atoms with Crippen molar-refractivity contribution in [2.45, 2.75) is 30.1 Å². The summed E-state index contributed by atoms with van der Waals surface area (Å²) in [6, 6.07) is 27.0. The van der Waals surface area contributed by atoms with E-state index in [9.17, 15) is 15.0 Å². The number of H-pyrrole nitrogens is 1. The third kappa shape index (κ3) is 4.53. The molecule has 3 heterocycles. The number of aliphatic hydroxyl groups excluding tert-OH is 2. The third-order valence-electron chi connectivity index (χ3n) is 7.42. The molecular formula is C30H28FN5O5. The van der Waals surface area contributed by atoms with Crippen molar-refractivity contribution in [3.05, 3.63) is 118 Å². The first kappa shape index (κ1) is 26.6. The van der Waals surface area contributed by atoms with Gasteiger partial charge >= 0.3 is 0 Å². The summed E-state index contributed by atoms with van der Waals surface area (Å²) in [4.78, 5) is 24.8. The molecule has 6 rings (SSSR count). The molecule has 0 aliphatic carbocycles. The molecule has 0 amide bonds. The first-order valence-corrected chi connectivity index (χ1v) is 13.1. The largest absolute Gasteiger partial charge is 0.497 e. The Hall–Kier alpha value is -4.58. The number of halogens is 1. The SMILES string of the molecule is COc1ccc(C(Nc2nc3c(ncn3[C@@H]3O[C@H](CO)[C@@H](O)[C@H]3F)c(=O)[nH]2)(c2ccccc2)c2ccccc2)cc1. The third-order valence-corrected chi connectivity index (χ3v) is 7.42. The number of rotatable bonds is 8. The molecule has 1 fully saturated rings. The van der Waals surface area contributed by atoms with E-state index >= 15 is 4.39 Å². The molecule has 210 valence electrons. The van der Waals surface area contributed by atoms with Gasteiger partial charge in [-0.15, -0.1) is 0 Å². The maximum absolute atomic E-state index is 15.0. The molecule has 0 radical (unpaired) electrons. The average molecular weight is 558 g/mol. The van der Waals surface area contributed by atoms with Gasteiger partial charge in [0, 0.05) is 0 Å². The Morgan fingerprint density at radius 2 is 1.63 bits per heavy atom. The molecule has 1 saturated heterocycles. The Morgan fingerprint density at radius 3 is 2.20 bits per heavy atom. The second kappa shape index (κ2) is 10.8. The summed E-state index contributed by atoms with van der Waals surface area (Å²) in [5.74, 6) is 0.779. The lowest BCUT2D eigenvalue weighted by Gasteiger charge is -2.37. The smallest absolute Gasteiger partial charge is 0.280 e. The second-order valence-corrected chi connectivity index (χ2v) is 9.76. The minimum atomic E-state index is -1.87. The molecule has 4 atom stereocenters. The minimum Gasteiger partial charge on any atom is -0.497 e. The van der Waals surface area contributed by atoms with Crippen LogP contribution in [0.3, 0.4) is 0 Å². The molecule has 4 N–H and O–H groups in total. The van der Waals surface area contributed by atoms with Gasteiger partial charge < -0.3 is 25.0 Å². The highest BCUT2D eigenvalue weighted by Crippen LogP contribution is 2.40. The minimum absolute atomic E-state index is 0.0252. The number of aromatic amines is 1. The normalized spacial score (nSPS) is 20.8. The number of anilines is 1. The van der Waals surface area contributed by atoms with Crippen LogP contribution in [0.15, 0.2) is 96.1 Å². The molecule has 10 nitrogen and oxygen atoms in total. The molecule has 2 aromatic heterocycles. The van der Waals surface area contributed by atoms with Gasteiger partial charge in [-0.25, -0.2) is 9.37 Å². The van der Waals surface area contributed by atoms with Crippen LogP contribution in [0.25, 0.3) is 11.2 Å². The lowest BCUT2D eigenvalue weighted by atomic mass is 9.77. The van der Waals surface area contributed by atoms with E-state index in [-0.39, 0.29) is 17.1 Å². The van der Waals surface area contributed by atoms with Gasteiger partial charge in [0.15, 0.2) is 23.6 Å². The predicted octanol–water partition coefficient (Wildman–Crippen LogP) is 3.12. The Morgan fingerprint density at radius 1 is 1.02 bits per heavy atom. The Labute approximate surface area is 234 Å². The van der Waals surface area contributed by atoms with Crippen LogP contribution < -0.4 is 15.6 Å². The van der Waals surface area contributed by atoms with Crippen molar-refractivity contribution in [3.8, 4) is 5.75 Å². The summed E-state index contributed by atoms with van der Waals surface area (Å²) >= 11 is 0. The fraction of sp³-hybridized carbons (Fsp3) is 0.233. The van der Waals surface area contributed by atoms with E-state index in [1.807, 2.05) is 84.9 Å². The number of nitrogens with one attached hydrogen (secondary N) is 2. The molecule has 1 aliphatic heterocycles. The van der Waals surface area contributed by atoms with Gasteiger partial charge in [0.05, 0.1) is 20.0 Å². The van der Waals surface area contributed by atoms with Crippen molar-refractivity contribution < 1.29 is 24.1 Å². The van der Waals surface area contributed by atoms with E-state index in [0.29, 0.717) is 5.75 Å². The Balaban J connectivity index is 1.54. The first-order chi connectivity index (χ1) is 20.0. The van der Waals surface area contributed by atoms with Crippen molar-refractivity contribution in [3.63, 3.8) is 0 Å².